The number of aliphatic hydroxyl groups excluding tert-OH is 2. The fourth-order valence-electron chi connectivity index (χ4n) is 1.83. The van der Waals surface area contributed by atoms with E-state index in [4.69, 9.17) is 9.84 Å². The molecule has 0 spiro atoms. The van der Waals surface area contributed by atoms with Gasteiger partial charge in [-0.05, 0) is 12.1 Å². The number of nitrogens with zero attached hydrogens (tertiary/aromatic N) is 1. The normalized spacial score (nSPS) is 11.8. The molecule has 0 heterocycles. The first-order valence-electron chi connectivity index (χ1n) is 6.84. The number of non-ortho nitro benzene ring substituents is 1. The topological polar surface area (TPSA) is 105 Å². The van der Waals surface area contributed by atoms with Crippen molar-refractivity contribution < 1.29 is 28.7 Å². The van der Waals surface area contributed by atoms with Crippen molar-refractivity contribution in [1.82, 2.24) is 0 Å². The molecule has 1 unspecified atom stereocenters. The Morgan fingerprint density at radius 1 is 1.25 bits per heavy atom. The molecule has 0 aliphatic heterocycles. The highest BCUT2D eigenvalue weighted by atomic mass is 19.1. The lowest BCUT2D eigenvalue weighted by Crippen LogP contribution is -2.22. The van der Waals surface area contributed by atoms with Gasteiger partial charge >= 0.3 is 0 Å². The van der Waals surface area contributed by atoms with Crippen LogP contribution < -0.4 is 10.1 Å². The van der Waals surface area contributed by atoms with Crippen LogP contribution in [-0.4, -0.2) is 34.4 Å². The van der Waals surface area contributed by atoms with E-state index in [1.807, 2.05) is 0 Å². The molecular formula is C15H14F2N2O5. The summed E-state index contributed by atoms with van der Waals surface area (Å²) in [6.45, 7) is -0.534. The molecule has 24 heavy (non-hydrogen) atoms. The Morgan fingerprint density at radius 2 is 2.00 bits per heavy atom. The van der Waals surface area contributed by atoms with Gasteiger partial charge in [-0.3, -0.25) is 10.1 Å². The van der Waals surface area contributed by atoms with Gasteiger partial charge in [0, 0.05) is 30.4 Å². The van der Waals surface area contributed by atoms with Gasteiger partial charge in [-0.1, -0.05) is 0 Å². The average molecular weight is 340 g/mol. The largest absolute Gasteiger partial charge is 0.454 e. The molecule has 0 aromatic heterocycles. The third-order valence-corrected chi connectivity index (χ3v) is 2.98. The van der Waals surface area contributed by atoms with Crippen molar-refractivity contribution >= 4 is 11.4 Å². The van der Waals surface area contributed by atoms with E-state index in [1.54, 1.807) is 0 Å². The molecule has 2 aromatic rings. The Bertz CT molecular complexity index is 742. The van der Waals surface area contributed by atoms with Crippen molar-refractivity contribution in [3.8, 4) is 11.5 Å². The summed E-state index contributed by atoms with van der Waals surface area (Å²) in [5, 5.41) is 31.7. The van der Waals surface area contributed by atoms with Crippen LogP contribution in [0.25, 0.3) is 0 Å². The van der Waals surface area contributed by atoms with Crippen LogP contribution >= 0.6 is 0 Å². The summed E-state index contributed by atoms with van der Waals surface area (Å²) in [7, 11) is 0. The first kappa shape index (κ1) is 17.6. The van der Waals surface area contributed by atoms with E-state index in [0.717, 1.165) is 18.2 Å². The number of nitro groups is 1. The van der Waals surface area contributed by atoms with Gasteiger partial charge < -0.3 is 20.3 Å². The van der Waals surface area contributed by atoms with E-state index >= 15 is 0 Å². The van der Waals surface area contributed by atoms with Crippen molar-refractivity contribution in [2.45, 2.75) is 6.10 Å². The van der Waals surface area contributed by atoms with Crippen molar-refractivity contribution in [3.63, 3.8) is 0 Å². The maximum atomic E-state index is 13.6. The highest BCUT2D eigenvalue weighted by Crippen LogP contribution is 2.31. The molecule has 2 aromatic carbocycles. The molecule has 0 fully saturated rings. The van der Waals surface area contributed by atoms with Crippen molar-refractivity contribution in [3.05, 3.63) is 58.1 Å². The highest BCUT2D eigenvalue weighted by Gasteiger charge is 2.14. The Hall–Kier alpha value is -2.78. The molecule has 0 bridgehead atoms. The number of nitrogens with one attached hydrogen (secondary N) is 1. The first-order valence-corrected chi connectivity index (χ1v) is 6.84. The standard InChI is InChI=1S/C15H14F2N2O5/c16-9-1-2-15(14(17)3-9)24-13-5-10(18-7-12(21)8-20)4-11(6-13)19(22)23/h1-6,12,18,20-21H,7-8H2. The molecule has 7 nitrogen and oxygen atoms in total. The van der Waals surface area contributed by atoms with E-state index in [0.29, 0.717) is 6.07 Å². The van der Waals surface area contributed by atoms with Crippen LogP contribution in [0, 0.1) is 21.7 Å². The number of ether oxygens (including phenoxy) is 1. The van der Waals surface area contributed by atoms with Gasteiger partial charge in [0.2, 0.25) is 0 Å². The maximum Gasteiger partial charge on any atom is 0.275 e. The zero-order valence-electron chi connectivity index (χ0n) is 12.3. The number of benzene rings is 2. The van der Waals surface area contributed by atoms with Crippen LogP contribution in [-0.2, 0) is 0 Å². The van der Waals surface area contributed by atoms with Crippen LogP contribution in [0.4, 0.5) is 20.2 Å². The van der Waals surface area contributed by atoms with Gasteiger partial charge in [0.15, 0.2) is 11.6 Å². The second-order valence-electron chi connectivity index (χ2n) is 4.87. The van der Waals surface area contributed by atoms with Gasteiger partial charge in [0.05, 0.1) is 23.7 Å². The lowest BCUT2D eigenvalue weighted by atomic mass is 10.2. The van der Waals surface area contributed by atoms with E-state index < -0.39 is 29.3 Å². The molecule has 0 saturated carbocycles. The van der Waals surface area contributed by atoms with Gasteiger partial charge in [-0.15, -0.1) is 0 Å². The molecule has 0 amide bonds. The Balaban J connectivity index is 2.27. The molecule has 0 radical (unpaired) electrons. The Kier molecular flexibility index (Phi) is 5.61. The predicted octanol–water partition coefficient (Wildman–Crippen LogP) is 2.43. The second-order valence-corrected chi connectivity index (χ2v) is 4.87. The third-order valence-electron chi connectivity index (χ3n) is 2.98. The molecule has 0 aliphatic rings. The van der Waals surface area contributed by atoms with Gasteiger partial charge in [-0.25, -0.2) is 8.78 Å². The van der Waals surface area contributed by atoms with Crippen LogP contribution in [0.3, 0.4) is 0 Å². The quantitative estimate of drug-likeness (QED) is 0.528. The summed E-state index contributed by atoms with van der Waals surface area (Å²) in [6.07, 6.45) is -1.05. The number of anilines is 1. The minimum Gasteiger partial charge on any atom is -0.454 e. The molecule has 1 atom stereocenters. The fourth-order valence-corrected chi connectivity index (χ4v) is 1.83. The summed E-state index contributed by atoms with van der Waals surface area (Å²) >= 11 is 0. The number of hydrogen-bond donors (Lipinski definition) is 3. The minimum absolute atomic E-state index is 0.0457. The molecule has 0 saturated heterocycles. The summed E-state index contributed by atoms with van der Waals surface area (Å²) in [5.41, 5.74) is -0.0924. The summed E-state index contributed by atoms with van der Waals surface area (Å²) in [6, 6.07) is 6.30. The minimum atomic E-state index is -1.05. The monoisotopic (exact) mass is 340 g/mol. The Labute approximate surface area is 135 Å². The fraction of sp³-hybridized carbons (Fsp3) is 0.200. The number of halogens is 2. The molecule has 0 aliphatic carbocycles. The summed E-state index contributed by atoms with van der Waals surface area (Å²) < 4.78 is 31.7. The molecule has 9 heteroatoms. The highest BCUT2D eigenvalue weighted by molar-refractivity contribution is 5.57. The van der Waals surface area contributed by atoms with E-state index in [-0.39, 0.29) is 29.4 Å². The first-order chi connectivity index (χ1) is 11.4. The predicted molar refractivity (Wildman–Crippen MR) is 81.1 cm³/mol. The number of rotatable bonds is 7. The second kappa shape index (κ2) is 7.66. The van der Waals surface area contributed by atoms with Gasteiger partial charge in [0.25, 0.3) is 5.69 Å². The summed E-state index contributed by atoms with van der Waals surface area (Å²) in [4.78, 5) is 10.3. The van der Waals surface area contributed by atoms with Crippen molar-refractivity contribution in [1.29, 1.82) is 0 Å². The van der Waals surface area contributed by atoms with E-state index in [2.05, 4.69) is 5.32 Å². The van der Waals surface area contributed by atoms with Crippen molar-refractivity contribution in [2.24, 2.45) is 0 Å². The molecule has 128 valence electrons. The molecule has 3 N–H and O–H groups in total. The van der Waals surface area contributed by atoms with Gasteiger partial charge in [0.1, 0.15) is 11.6 Å². The lowest BCUT2D eigenvalue weighted by Gasteiger charge is -2.12. The molecule has 2 rings (SSSR count). The van der Waals surface area contributed by atoms with E-state index in [9.17, 15) is 24.0 Å². The van der Waals surface area contributed by atoms with Crippen LogP contribution in [0.15, 0.2) is 36.4 Å². The Morgan fingerprint density at radius 3 is 2.62 bits per heavy atom. The van der Waals surface area contributed by atoms with Crippen LogP contribution in [0.2, 0.25) is 0 Å². The number of nitro benzene ring substituents is 1. The van der Waals surface area contributed by atoms with E-state index in [1.165, 1.54) is 12.1 Å². The van der Waals surface area contributed by atoms with Crippen molar-refractivity contribution in [2.75, 3.05) is 18.5 Å². The zero-order chi connectivity index (χ0) is 17.7. The SMILES string of the molecule is O=[N+]([O-])c1cc(NCC(O)CO)cc(Oc2ccc(F)cc2F)c1. The smallest absolute Gasteiger partial charge is 0.275 e. The van der Waals surface area contributed by atoms with Gasteiger partial charge in [-0.2, -0.15) is 0 Å². The zero-order valence-corrected chi connectivity index (χ0v) is 12.3. The molecular weight excluding hydrogens is 326 g/mol. The lowest BCUT2D eigenvalue weighted by molar-refractivity contribution is -0.384. The average Bonchev–Trinajstić information content (AvgIpc) is 2.55. The van der Waals surface area contributed by atoms with Crippen LogP contribution in [0.1, 0.15) is 0 Å². The van der Waals surface area contributed by atoms with Crippen LogP contribution in [0.5, 0.6) is 11.5 Å². The number of hydrogen-bond acceptors (Lipinski definition) is 6. The maximum absolute atomic E-state index is 13.6. The third kappa shape index (κ3) is 4.61. The summed E-state index contributed by atoms with van der Waals surface area (Å²) in [5.74, 6) is -2.07. The number of aliphatic hydroxyl groups is 2.